The van der Waals surface area contributed by atoms with Crippen LogP contribution in [0.4, 0.5) is 5.69 Å². The van der Waals surface area contributed by atoms with Gasteiger partial charge in [0.1, 0.15) is 5.75 Å². The Bertz CT molecular complexity index is 727. The maximum absolute atomic E-state index is 5.96. The number of guanidine groups is 1. The van der Waals surface area contributed by atoms with E-state index in [2.05, 4.69) is 51.6 Å². The number of nitrogens with one attached hydrogen (secondary N) is 1. The molecule has 138 valence electrons. The molecule has 1 aliphatic heterocycles. The number of hydrogen-bond acceptors (Lipinski definition) is 3. The fraction of sp³-hybridized carbons (Fsp3) is 0.381. The Morgan fingerprint density at radius 2 is 2.00 bits per heavy atom. The zero-order valence-corrected chi connectivity index (χ0v) is 15.4. The average molecular weight is 352 g/mol. The van der Waals surface area contributed by atoms with Gasteiger partial charge in [-0.2, -0.15) is 0 Å². The molecule has 3 N–H and O–H groups in total. The number of fused-ring (bicyclic) bond motifs is 1. The van der Waals surface area contributed by atoms with Crippen molar-refractivity contribution >= 4 is 11.6 Å². The van der Waals surface area contributed by atoms with Gasteiger partial charge in [0.2, 0.25) is 0 Å². The van der Waals surface area contributed by atoms with E-state index in [-0.39, 0.29) is 0 Å². The molecule has 1 heterocycles. The van der Waals surface area contributed by atoms with Crippen LogP contribution < -0.4 is 20.7 Å². The van der Waals surface area contributed by atoms with Gasteiger partial charge in [-0.25, -0.2) is 0 Å². The highest BCUT2D eigenvalue weighted by Crippen LogP contribution is 2.27. The van der Waals surface area contributed by atoms with E-state index in [4.69, 9.17) is 10.5 Å². The lowest BCUT2D eigenvalue weighted by Gasteiger charge is -2.18. The van der Waals surface area contributed by atoms with Crippen LogP contribution in [-0.4, -0.2) is 39.2 Å². The van der Waals surface area contributed by atoms with Gasteiger partial charge in [0.25, 0.3) is 0 Å². The minimum absolute atomic E-state index is 0.528. The number of aliphatic imine (C=N–C) groups is 1. The minimum Gasteiger partial charge on any atom is -0.497 e. The second-order valence-electron chi connectivity index (χ2n) is 6.51. The highest BCUT2D eigenvalue weighted by Gasteiger charge is 2.17. The number of methoxy groups -OCH3 is 1. The van der Waals surface area contributed by atoms with Crippen LogP contribution in [0.1, 0.15) is 17.5 Å². The molecule has 3 rings (SSSR count). The average Bonchev–Trinajstić information content (AvgIpc) is 3.09. The van der Waals surface area contributed by atoms with Crippen molar-refractivity contribution < 1.29 is 4.74 Å². The second-order valence-corrected chi connectivity index (χ2v) is 6.51. The van der Waals surface area contributed by atoms with E-state index in [1.807, 2.05) is 12.1 Å². The molecule has 0 saturated carbocycles. The molecule has 0 bridgehead atoms. The summed E-state index contributed by atoms with van der Waals surface area (Å²) in [6, 6.07) is 16.7. The fourth-order valence-electron chi connectivity index (χ4n) is 3.28. The van der Waals surface area contributed by atoms with E-state index in [0.29, 0.717) is 5.96 Å². The topological polar surface area (TPSA) is 62.9 Å². The molecule has 1 aliphatic rings. The molecule has 0 fully saturated rings. The smallest absolute Gasteiger partial charge is 0.188 e. The fourth-order valence-corrected chi connectivity index (χ4v) is 3.28. The lowest BCUT2D eigenvalue weighted by Crippen LogP contribution is -2.33. The number of hydrogen-bond donors (Lipinski definition) is 2. The summed E-state index contributed by atoms with van der Waals surface area (Å²) < 4.78 is 5.16. The third kappa shape index (κ3) is 4.91. The summed E-state index contributed by atoms with van der Waals surface area (Å²) in [5.41, 5.74) is 10.0. The Balaban J connectivity index is 1.34. The molecule has 0 atom stereocenters. The van der Waals surface area contributed by atoms with Crippen LogP contribution in [0.15, 0.2) is 53.5 Å². The molecule has 0 saturated heterocycles. The molecular weight excluding hydrogens is 324 g/mol. The SMILES string of the molecule is COc1ccc(CCNC(N)=NCCCN2CCc3ccccc32)cc1. The lowest BCUT2D eigenvalue weighted by molar-refractivity contribution is 0.414. The number of benzene rings is 2. The second kappa shape index (κ2) is 9.13. The predicted octanol–water partition coefficient (Wildman–Crippen LogP) is 2.59. The van der Waals surface area contributed by atoms with Crippen LogP contribution in [-0.2, 0) is 12.8 Å². The summed E-state index contributed by atoms with van der Waals surface area (Å²) in [7, 11) is 1.68. The van der Waals surface area contributed by atoms with Gasteiger partial charge in [-0.05, 0) is 48.6 Å². The molecule has 0 unspecified atom stereocenters. The van der Waals surface area contributed by atoms with Crippen molar-refractivity contribution in [2.45, 2.75) is 19.3 Å². The molecule has 2 aromatic carbocycles. The van der Waals surface area contributed by atoms with Gasteiger partial charge in [-0.15, -0.1) is 0 Å². The van der Waals surface area contributed by atoms with Gasteiger partial charge in [0.15, 0.2) is 5.96 Å². The van der Waals surface area contributed by atoms with Crippen molar-refractivity contribution in [2.75, 3.05) is 38.2 Å². The largest absolute Gasteiger partial charge is 0.497 e. The van der Waals surface area contributed by atoms with Gasteiger partial charge >= 0.3 is 0 Å². The molecule has 0 aliphatic carbocycles. The van der Waals surface area contributed by atoms with Crippen molar-refractivity contribution in [3.05, 3.63) is 59.7 Å². The molecule has 5 nitrogen and oxygen atoms in total. The third-order valence-corrected chi connectivity index (χ3v) is 4.73. The Morgan fingerprint density at radius 1 is 1.19 bits per heavy atom. The van der Waals surface area contributed by atoms with Crippen LogP contribution in [0.2, 0.25) is 0 Å². The summed E-state index contributed by atoms with van der Waals surface area (Å²) >= 11 is 0. The predicted molar refractivity (Wildman–Crippen MR) is 108 cm³/mol. The number of rotatable bonds is 8. The summed E-state index contributed by atoms with van der Waals surface area (Å²) in [5.74, 6) is 1.41. The van der Waals surface area contributed by atoms with E-state index in [9.17, 15) is 0 Å². The van der Waals surface area contributed by atoms with Gasteiger partial charge in [-0.3, -0.25) is 4.99 Å². The van der Waals surface area contributed by atoms with Gasteiger partial charge in [0, 0.05) is 31.9 Å². The first-order chi connectivity index (χ1) is 12.8. The molecule has 5 heteroatoms. The highest BCUT2D eigenvalue weighted by atomic mass is 16.5. The van der Waals surface area contributed by atoms with Crippen LogP contribution in [0.25, 0.3) is 0 Å². The summed E-state index contributed by atoms with van der Waals surface area (Å²) in [5, 5.41) is 3.19. The van der Waals surface area contributed by atoms with E-state index in [1.165, 1.54) is 16.8 Å². The summed E-state index contributed by atoms with van der Waals surface area (Å²) in [6.45, 7) is 3.67. The van der Waals surface area contributed by atoms with Crippen LogP contribution in [0.5, 0.6) is 5.75 Å². The molecule has 2 aromatic rings. The van der Waals surface area contributed by atoms with Crippen molar-refractivity contribution in [3.63, 3.8) is 0 Å². The molecule has 0 aromatic heterocycles. The van der Waals surface area contributed by atoms with Crippen molar-refractivity contribution in [3.8, 4) is 5.75 Å². The van der Waals surface area contributed by atoms with E-state index < -0.39 is 0 Å². The van der Waals surface area contributed by atoms with Crippen molar-refractivity contribution in [2.24, 2.45) is 10.7 Å². The van der Waals surface area contributed by atoms with E-state index >= 15 is 0 Å². The molecule has 0 spiro atoms. The molecule has 26 heavy (non-hydrogen) atoms. The Morgan fingerprint density at radius 3 is 2.81 bits per heavy atom. The van der Waals surface area contributed by atoms with E-state index in [1.54, 1.807) is 7.11 Å². The third-order valence-electron chi connectivity index (χ3n) is 4.73. The summed E-state index contributed by atoms with van der Waals surface area (Å²) in [4.78, 5) is 6.88. The number of nitrogens with two attached hydrogens (primary N) is 1. The Kier molecular flexibility index (Phi) is 6.36. The Labute approximate surface area is 155 Å². The zero-order chi connectivity index (χ0) is 18.2. The van der Waals surface area contributed by atoms with Crippen molar-refractivity contribution in [1.82, 2.24) is 5.32 Å². The monoisotopic (exact) mass is 352 g/mol. The molecule has 0 radical (unpaired) electrons. The first kappa shape index (κ1) is 18.1. The quantitative estimate of drug-likeness (QED) is 0.435. The zero-order valence-electron chi connectivity index (χ0n) is 15.4. The van der Waals surface area contributed by atoms with Gasteiger partial charge in [0.05, 0.1) is 7.11 Å². The minimum atomic E-state index is 0.528. The highest BCUT2D eigenvalue weighted by molar-refractivity contribution is 5.77. The Hall–Kier alpha value is -2.69. The van der Waals surface area contributed by atoms with Gasteiger partial charge in [-0.1, -0.05) is 30.3 Å². The number of para-hydroxylation sites is 1. The maximum Gasteiger partial charge on any atom is 0.188 e. The normalized spacial score (nSPS) is 13.6. The molecular formula is C21H28N4O. The summed E-state index contributed by atoms with van der Waals surface area (Å²) in [6.07, 6.45) is 3.06. The molecule has 0 amide bonds. The first-order valence-corrected chi connectivity index (χ1v) is 9.26. The first-order valence-electron chi connectivity index (χ1n) is 9.26. The number of nitrogens with zero attached hydrogens (tertiary/aromatic N) is 2. The van der Waals surface area contributed by atoms with Gasteiger partial charge < -0.3 is 20.7 Å². The van der Waals surface area contributed by atoms with Crippen molar-refractivity contribution in [1.29, 1.82) is 0 Å². The van der Waals surface area contributed by atoms with Crippen LogP contribution in [0.3, 0.4) is 0 Å². The van der Waals surface area contributed by atoms with Crippen LogP contribution >= 0.6 is 0 Å². The van der Waals surface area contributed by atoms with Crippen LogP contribution in [0, 0.1) is 0 Å². The number of ether oxygens (including phenoxy) is 1. The lowest BCUT2D eigenvalue weighted by atomic mass is 10.1. The van der Waals surface area contributed by atoms with E-state index in [0.717, 1.165) is 51.2 Å². The maximum atomic E-state index is 5.96. The standard InChI is InChI=1S/C21H28N4O/c1-26-19-9-7-17(8-10-19)11-14-24-21(22)23-13-4-15-25-16-12-18-5-2-3-6-20(18)25/h2-3,5-10H,4,11-16H2,1H3,(H3,22,23,24). The number of anilines is 1.